The Morgan fingerprint density at radius 1 is 1.16 bits per heavy atom. The molecule has 19 heavy (non-hydrogen) atoms. The summed E-state index contributed by atoms with van der Waals surface area (Å²) in [6.45, 7) is 1.99. The van der Waals surface area contributed by atoms with Gasteiger partial charge in [-0.05, 0) is 52.7 Å². The molecule has 3 nitrogen and oxygen atoms in total. The van der Waals surface area contributed by atoms with Gasteiger partial charge in [-0.25, -0.2) is 0 Å². The number of anilines is 2. The lowest BCUT2D eigenvalue weighted by Gasteiger charge is -2.12. The molecule has 0 spiro atoms. The Balaban J connectivity index is 2.41. The number of halogens is 1. The lowest BCUT2D eigenvalue weighted by Crippen LogP contribution is -1.96. The molecule has 0 radical (unpaired) electrons. The lowest BCUT2D eigenvalue weighted by molar-refractivity contribution is 0.415. The maximum absolute atomic E-state index is 9.13. The second kappa shape index (κ2) is 5.77. The summed E-state index contributed by atoms with van der Waals surface area (Å²) in [5, 5.41) is 12.4. The minimum absolute atomic E-state index is 0.611. The average Bonchev–Trinajstić information content (AvgIpc) is 2.41. The molecular formula is C15H13BrN2O. The number of nitriles is 1. The minimum atomic E-state index is 0.611. The standard InChI is InChI=1S/C15H13BrN2O/c1-10-3-4-11(9-17)14(7-10)18-15-8-12(19-2)5-6-13(15)16/h3-8,18H,1-2H3. The van der Waals surface area contributed by atoms with Crippen LogP contribution < -0.4 is 10.1 Å². The first kappa shape index (κ1) is 13.4. The van der Waals surface area contributed by atoms with Gasteiger partial charge in [-0.1, -0.05) is 6.07 Å². The molecule has 0 fully saturated rings. The third-order valence-electron chi connectivity index (χ3n) is 2.74. The summed E-state index contributed by atoms with van der Waals surface area (Å²) in [7, 11) is 1.63. The molecule has 0 saturated heterocycles. The molecule has 96 valence electrons. The quantitative estimate of drug-likeness (QED) is 0.913. The normalized spacial score (nSPS) is 9.79. The van der Waals surface area contributed by atoms with Crippen LogP contribution in [0.2, 0.25) is 0 Å². The Morgan fingerprint density at radius 2 is 1.95 bits per heavy atom. The molecule has 4 heteroatoms. The van der Waals surface area contributed by atoms with Gasteiger partial charge in [0.15, 0.2) is 0 Å². The molecule has 0 amide bonds. The molecule has 0 aliphatic heterocycles. The number of benzene rings is 2. The molecule has 0 aromatic heterocycles. The highest BCUT2D eigenvalue weighted by molar-refractivity contribution is 9.10. The zero-order chi connectivity index (χ0) is 13.8. The van der Waals surface area contributed by atoms with E-state index in [0.29, 0.717) is 5.56 Å². The predicted octanol–water partition coefficient (Wildman–Crippen LogP) is 4.38. The lowest BCUT2D eigenvalue weighted by atomic mass is 10.1. The van der Waals surface area contributed by atoms with Crippen LogP contribution in [0, 0.1) is 18.3 Å². The highest BCUT2D eigenvalue weighted by atomic mass is 79.9. The van der Waals surface area contributed by atoms with Gasteiger partial charge in [0.1, 0.15) is 11.8 Å². The molecule has 0 unspecified atom stereocenters. The summed E-state index contributed by atoms with van der Waals surface area (Å²) >= 11 is 3.48. The molecule has 2 aromatic carbocycles. The smallest absolute Gasteiger partial charge is 0.121 e. The first-order valence-corrected chi connectivity index (χ1v) is 6.54. The van der Waals surface area contributed by atoms with E-state index in [2.05, 4.69) is 27.3 Å². The summed E-state index contributed by atoms with van der Waals surface area (Å²) < 4.78 is 6.12. The van der Waals surface area contributed by atoms with E-state index in [1.54, 1.807) is 7.11 Å². The Bertz CT molecular complexity index is 647. The minimum Gasteiger partial charge on any atom is -0.497 e. The van der Waals surface area contributed by atoms with Gasteiger partial charge in [-0.2, -0.15) is 5.26 Å². The summed E-state index contributed by atoms with van der Waals surface area (Å²) in [6.07, 6.45) is 0. The highest BCUT2D eigenvalue weighted by Gasteiger charge is 2.06. The first-order valence-electron chi connectivity index (χ1n) is 5.75. The van der Waals surface area contributed by atoms with Crippen molar-refractivity contribution in [3.63, 3.8) is 0 Å². The van der Waals surface area contributed by atoms with Crippen molar-refractivity contribution in [2.75, 3.05) is 12.4 Å². The van der Waals surface area contributed by atoms with E-state index in [1.807, 2.05) is 43.3 Å². The third-order valence-corrected chi connectivity index (χ3v) is 3.43. The monoisotopic (exact) mass is 316 g/mol. The van der Waals surface area contributed by atoms with Gasteiger partial charge in [0.25, 0.3) is 0 Å². The van der Waals surface area contributed by atoms with Gasteiger partial charge >= 0.3 is 0 Å². The van der Waals surface area contributed by atoms with Crippen molar-refractivity contribution in [3.05, 3.63) is 52.0 Å². The van der Waals surface area contributed by atoms with Crippen molar-refractivity contribution in [1.82, 2.24) is 0 Å². The molecular weight excluding hydrogens is 304 g/mol. The van der Waals surface area contributed by atoms with Gasteiger partial charge < -0.3 is 10.1 Å². The average molecular weight is 317 g/mol. The molecule has 2 rings (SSSR count). The fourth-order valence-corrected chi connectivity index (χ4v) is 2.08. The highest BCUT2D eigenvalue weighted by Crippen LogP contribution is 2.31. The second-order valence-electron chi connectivity index (χ2n) is 4.13. The van der Waals surface area contributed by atoms with E-state index in [4.69, 9.17) is 10.00 Å². The Kier molecular flexibility index (Phi) is 4.08. The molecule has 0 atom stereocenters. The predicted molar refractivity (Wildman–Crippen MR) is 79.9 cm³/mol. The number of nitrogens with one attached hydrogen (secondary N) is 1. The molecule has 0 aliphatic carbocycles. The van der Waals surface area contributed by atoms with E-state index < -0.39 is 0 Å². The number of rotatable bonds is 3. The van der Waals surface area contributed by atoms with E-state index in [-0.39, 0.29) is 0 Å². The van der Waals surface area contributed by atoms with Crippen LogP contribution in [-0.4, -0.2) is 7.11 Å². The van der Waals surface area contributed by atoms with Crippen LogP contribution >= 0.6 is 15.9 Å². The number of hydrogen-bond acceptors (Lipinski definition) is 3. The Labute approximate surface area is 121 Å². The van der Waals surface area contributed by atoms with Crippen LogP contribution in [-0.2, 0) is 0 Å². The Morgan fingerprint density at radius 3 is 2.63 bits per heavy atom. The van der Waals surface area contributed by atoms with Crippen LogP contribution in [0.4, 0.5) is 11.4 Å². The van der Waals surface area contributed by atoms with Crippen molar-refractivity contribution in [1.29, 1.82) is 5.26 Å². The molecule has 1 N–H and O–H groups in total. The van der Waals surface area contributed by atoms with Crippen molar-refractivity contribution in [2.24, 2.45) is 0 Å². The first-order chi connectivity index (χ1) is 9.13. The van der Waals surface area contributed by atoms with Gasteiger partial charge in [-0.15, -0.1) is 0 Å². The summed E-state index contributed by atoms with van der Waals surface area (Å²) in [4.78, 5) is 0. The van der Waals surface area contributed by atoms with Crippen LogP contribution in [0.1, 0.15) is 11.1 Å². The van der Waals surface area contributed by atoms with Crippen LogP contribution in [0.25, 0.3) is 0 Å². The SMILES string of the molecule is COc1ccc(Br)c(Nc2cc(C)ccc2C#N)c1. The topological polar surface area (TPSA) is 45.0 Å². The van der Waals surface area contributed by atoms with Crippen LogP contribution in [0.15, 0.2) is 40.9 Å². The van der Waals surface area contributed by atoms with Gasteiger partial charge in [0.2, 0.25) is 0 Å². The molecule has 0 aliphatic rings. The molecule has 0 heterocycles. The fourth-order valence-electron chi connectivity index (χ4n) is 1.73. The molecule has 0 saturated carbocycles. The third kappa shape index (κ3) is 3.07. The zero-order valence-electron chi connectivity index (χ0n) is 10.7. The van der Waals surface area contributed by atoms with Crippen molar-refractivity contribution < 1.29 is 4.74 Å². The van der Waals surface area contributed by atoms with Crippen molar-refractivity contribution in [3.8, 4) is 11.8 Å². The van der Waals surface area contributed by atoms with E-state index in [9.17, 15) is 0 Å². The Hall–Kier alpha value is -1.99. The van der Waals surface area contributed by atoms with E-state index >= 15 is 0 Å². The number of ether oxygens (including phenoxy) is 1. The molecule has 0 bridgehead atoms. The number of hydrogen-bond donors (Lipinski definition) is 1. The maximum Gasteiger partial charge on any atom is 0.121 e. The van der Waals surface area contributed by atoms with Crippen LogP contribution in [0.3, 0.4) is 0 Å². The van der Waals surface area contributed by atoms with Gasteiger partial charge in [0.05, 0.1) is 24.0 Å². The summed E-state index contributed by atoms with van der Waals surface area (Å²) in [5.41, 5.74) is 3.36. The number of aryl methyl sites for hydroxylation is 1. The van der Waals surface area contributed by atoms with Crippen molar-refractivity contribution in [2.45, 2.75) is 6.92 Å². The number of methoxy groups -OCH3 is 1. The molecule has 2 aromatic rings. The van der Waals surface area contributed by atoms with Crippen molar-refractivity contribution >= 4 is 27.3 Å². The number of nitrogens with zero attached hydrogens (tertiary/aromatic N) is 1. The second-order valence-corrected chi connectivity index (χ2v) is 4.99. The maximum atomic E-state index is 9.13. The van der Waals surface area contributed by atoms with Gasteiger partial charge in [0, 0.05) is 10.5 Å². The van der Waals surface area contributed by atoms with E-state index in [1.165, 1.54) is 0 Å². The largest absolute Gasteiger partial charge is 0.497 e. The summed E-state index contributed by atoms with van der Waals surface area (Å²) in [5.74, 6) is 0.761. The van der Waals surface area contributed by atoms with Crippen LogP contribution in [0.5, 0.6) is 5.75 Å². The van der Waals surface area contributed by atoms with Gasteiger partial charge in [-0.3, -0.25) is 0 Å². The summed E-state index contributed by atoms with van der Waals surface area (Å²) in [6, 6.07) is 13.5. The fraction of sp³-hybridized carbons (Fsp3) is 0.133. The zero-order valence-corrected chi connectivity index (χ0v) is 12.3. The van der Waals surface area contributed by atoms with E-state index in [0.717, 1.165) is 27.2 Å².